The predicted molar refractivity (Wildman–Crippen MR) is 120 cm³/mol. The minimum Gasteiger partial charge on any atom is -0.497 e. The smallest absolute Gasteiger partial charge is 0.338 e. The molecule has 1 heterocycles. The normalized spacial score (nSPS) is 10.5. The lowest BCUT2D eigenvalue weighted by Crippen LogP contribution is -2.20. The minimum absolute atomic E-state index is 0.228. The van der Waals surface area contributed by atoms with Gasteiger partial charge in [-0.2, -0.15) is 0 Å². The van der Waals surface area contributed by atoms with Crippen LogP contribution in [0.1, 0.15) is 27.0 Å². The van der Waals surface area contributed by atoms with Crippen molar-refractivity contribution in [3.8, 4) is 22.8 Å². The number of hydrogen-bond donors (Lipinski definition) is 1. The highest BCUT2D eigenvalue weighted by atomic mass is 32.1. The maximum absolute atomic E-state index is 12.3. The van der Waals surface area contributed by atoms with Crippen LogP contribution in [0.4, 0.5) is 5.13 Å². The number of carbonyl (C=O) groups is 2. The lowest BCUT2D eigenvalue weighted by molar-refractivity contribution is -0.119. The summed E-state index contributed by atoms with van der Waals surface area (Å²) in [5.41, 5.74) is 5.53. The number of benzene rings is 2. The highest BCUT2D eigenvalue weighted by molar-refractivity contribution is 7.14. The third-order valence-corrected chi connectivity index (χ3v) is 5.36. The number of amides is 1. The average Bonchev–Trinajstić information content (AvgIpc) is 3.18. The molecule has 0 bridgehead atoms. The quantitative estimate of drug-likeness (QED) is 0.543. The van der Waals surface area contributed by atoms with E-state index in [1.165, 1.54) is 43.3 Å². The molecule has 0 atom stereocenters. The Kier molecular flexibility index (Phi) is 6.91. The molecule has 0 saturated carbocycles. The van der Waals surface area contributed by atoms with Gasteiger partial charge in [0.1, 0.15) is 11.5 Å². The van der Waals surface area contributed by atoms with Crippen molar-refractivity contribution < 1.29 is 23.8 Å². The Morgan fingerprint density at radius 2 is 1.58 bits per heavy atom. The van der Waals surface area contributed by atoms with Crippen LogP contribution in [0.5, 0.6) is 11.5 Å². The first-order valence-electron chi connectivity index (χ1n) is 9.54. The van der Waals surface area contributed by atoms with Crippen LogP contribution in [0.25, 0.3) is 11.3 Å². The van der Waals surface area contributed by atoms with Gasteiger partial charge in [0.25, 0.3) is 5.91 Å². The van der Waals surface area contributed by atoms with Crippen LogP contribution < -0.4 is 14.8 Å². The fraction of sp³-hybridized carbons (Fsp3) is 0.261. The van der Waals surface area contributed by atoms with Gasteiger partial charge in [-0.05, 0) is 44.0 Å². The molecule has 0 saturated heterocycles. The summed E-state index contributed by atoms with van der Waals surface area (Å²) in [4.78, 5) is 29.1. The molecule has 0 aliphatic carbocycles. The molecule has 0 spiro atoms. The number of nitrogens with zero attached hydrogens (tertiary/aromatic N) is 1. The molecule has 0 unspecified atom stereocenters. The number of ether oxygens (including phenoxy) is 3. The zero-order valence-electron chi connectivity index (χ0n) is 18.1. The number of nitrogens with one attached hydrogen (secondary N) is 1. The third-order valence-electron chi connectivity index (χ3n) is 4.61. The van der Waals surface area contributed by atoms with Crippen LogP contribution in [0.2, 0.25) is 0 Å². The largest absolute Gasteiger partial charge is 0.497 e. The molecule has 0 fully saturated rings. The van der Waals surface area contributed by atoms with Crippen LogP contribution in [0.15, 0.2) is 35.7 Å². The second-order valence-corrected chi connectivity index (χ2v) is 7.90. The maximum Gasteiger partial charge on any atom is 0.338 e. The summed E-state index contributed by atoms with van der Waals surface area (Å²) in [6, 6.07) is 8.88. The van der Waals surface area contributed by atoms with Crippen molar-refractivity contribution in [3.05, 3.63) is 58.0 Å². The van der Waals surface area contributed by atoms with Gasteiger partial charge in [0.15, 0.2) is 11.7 Å². The average molecular weight is 441 g/mol. The summed E-state index contributed by atoms with van der Waals surface area (Å²) in [7, 11) is 2.97. The standard InChI is InChI=1S/C23H24N2O5S/c1-13-6-14(2)21(15(3)7-13)19-12-31-23(24-19)25-20(26)11-30-22(27)16-8-17(28-4)10-18(9-16)29-5/h6-10,12H,11H2,1-5H3,(H,24,25,26). The molecule has 1 aromatic heterocycles. The fourth-order valence-corrected chi connectivity index (χ4v) is 4.04. The zero-order valence-corrected chi connectivity index (χ0v) is 18.9. The molecule has 1 N–H and O–H groups in total. The van der Waals surface area contributed by atoms with Gasteiger partial charge in [-0.1, -0.05) is 17.7 Å². The van der Waals surface area contributed by atoms with Crippen molar-refractivity contribution >= 4 is 28.3 Å². The maximum atomic E-state index is 12.3. The Hall–Kier alpha value is -3.39. The summed E-state index contributed by atoms with van der Waals surface area (Å²) in [5, 5.41) is 5.02. The number of esters is 1. The molecule has 7 nitrogen and oxygen atoms in total. The van der Waals surface area contributed by atoms with Gasteiger partial charge in [-0.25, -0.2) is 9.78 Å². The Morgan fingerprint density at radius 1 is 0.968 bits per heavy atom. The Bertz CT molecular complexity index is 1080. The number of hydrogen-bond acceptors (Lipinski definition) is 7. The van der Waals surface area contributed by atoms with Crippen molar-refractivity contribution in [2.24, 2.45) is 0 Å². The minimum atomic E-state index is -0.655. The number of aryl methyl sites for hydroxylation is 3. The fourth-order valence-electron chi connectivity index (χ4n) is 3.33. The number of methoxy groups -OCH3 is 2. The number of anilines is 1. The molecule has 8 heteroatoms. The van der Waals surface area contributed by atoms with E-state index in [2.05, 4.69) is 29.4 Å². The van der Waals surface area contributed by atoms with Gasteiger partial charge in [0.2, 0.25) is 0 Å². The van der Waals surface area contributed by atoms with Gasteiger partial charge in [-0.3, -0.25) is 10.1 Å². The van der Waals surface area contributed by atoms with Gasteiger partial charge in [-0.15, -0.1) is 11.3 Å². The predicted octanol–water partition coefficient (Wildman–Crippen LogP) is 4.55. The second-order valence-electron chi connectivity index (χ2n) is 7.04. The summed E-state index contributed by atoms with van der Waals surface area (Å²) in [6.45, 7) is 5.70. The van der Waals surface area contributed by atoms with E-state index in [9.17, 15) is 9.59 Å². The van der Waals surface area contributed by atoms with Gasteiger partial charge < -0.3 is 14.2 Å². The number of rotatable bonds is 7. The molecule has 162 valence electrons. The number of thiazole rings is 1. The van der Waals surface area contributed by atoms with Gasteiger partial charge >= 0.3 is 5.97 Å². The summed E-state index contributed by atoms with van der Waals surface area (Å²) in [6.07, 6.45) is 0. The van der Waals surface area contributed by atoms with Crippen LogP contribution in [0, 0.1) is 20.8 Å². The number of aromatic nitrogens is 1. The first kappa shape index (κ1) is 22.3. The summed E-state index contributed by atoms with van der Waals surface area (Å²) >= 11 is 1.32. The van der Waals surface area contributed by atoms with Gasteiger partial charge in [0, 0.05) is 17.0 Å². The first-order valence-corrected chi connectivity index (χ1v) is 10.4. The summed E-state index contributed by atoms with van der Waals surface area (Å²) in [5.74, 6) is -0.222. The molecule has 3 aromatic rings. The Balaban J connectivity index is 1.63. The van der Waals surface area contributed by atoms with Gasteiger partial charge in [0.05, 0.1) is 25.5 Å². The van der Waals surface area contributed by atoms with Crippen molar-refractivity contribution in [1.29, 1.82) is 0 Å². The lowest BCUT2D eigenvalue weighted by atomic mass is 9.98. The molecule has 2 aromatic carbocycles. The van der Waals surface area contributed by atoms with E-state index in [1.54, 1.807) is 6.07 Å². The zero-order chi connectivity index (χ0) is 22.5. The molecule has 0 radical (unpaired) electrons. The van der Waals surface area contributed by atoms with Crippen LogP contribution in [-0.4, -0.2) is 37.7 Å². The van der Waals surface area contributed by atoms with E-state index in [0.717, 1.165) is 22.4 Å². The Labute approximate surface area is 185 Å². The summed E-state index contributed by atoms with van der Waals surface area (Å²) < 4.78 is 15.4. The van der Waals surface area contributed by atoms with Crippen LogP contribution in [-0.2, 0) is 9.53 Å². The molecule has 1 amide bonds. The van der Waals surface area contributed by atoms with Crippen molar-refractivity contribution in [2.45, 2.75) is 20.8 Å². The van der Waals surface area contributed by atoms with Crippen molar-refractivity contribution in [2.75, 3.05) is 26.1 Å². The topological polar surface area (TPSA) is 86.8 Å². The van der Waals surface area contributed by atoms with E-state index in [1.807, 2.05) is 19.2 Å². The lowest BCUT2D eigenvalue weighted by Gasteiger charge is -2.09. The number of carbonyl (C=O) groups excluding carboxylic acids is 2. The van der Waals surface area contributed by atoms with Crippen LogP contribution in [0.3, 0.4) is 0 Å². The van der Waals surface area contributed by atoms with Crippen molar-refractivity contribution in [3.63, 3.8) is 0 Å². The third kappa shape index (κ3) is 5.40. The molecule has 3 rings (SSSR count). The van der Waals surface area contributed by atoms with E-state index in [-0.39, 0.29) is 5.56 Å². The SMILES string of the molecule is COc1cc(OC)cc(C(=O)OCC(=O)Nc2nc(-c3c(C)cc(C)cc3C)cs2)c1. The van der Waals surface area contributed by atoms with E-state index >= 15 is 0 Å². The highest BCUT2D eigenvalue weighted by Crippen LogP contribution is 2.31. The monoisotopic (exact) mass is 440 g/mol. The Morgan fingerprint density at radius 3 is 2.16 bits per heavy atom. The second kappa shape index (κ2) is 9.61. The first-order chi connectivity index (χ1) is 14.8. The van der Waals surface area contributed by atoms with E-state index in [4.69, 9.17) is 14.2 Å². The molecule has 0 aliphatic heterocycles. The molecule has 31 heavy (non-hydrogen) atoms. The highest BCUT2D eigenvalue weighted by Gasteiger charge is 2.15. The molecular formula is C23H24N2O5S. The molecule has 0 aliphatic rings. The van der Waals surface area contributed by atoms with E-state index in [0.29, 0.717) is 16.6 Å². The van der Waals surface area contributed by atoms with Crippen LogP contribution >= 0.6 is 11.3 Å². The van der Waals surface area contributed by atoms with Crippen molar-refractivity contribution in [1.82, 2.24) is 4.98 Å². The van der Waals surface area contributed by atoms with E-state index < -0.39 is 18.5 Å². The molecular weight excluding hydrogens is 416 g/mol.